The first-order valence-corrected chi connectivity index (χ1v) is 4.91. The lowest BCUT2D eigenvalue weighted by molar-refractivity contribution is -0.144. The van der Waals surface area contributed by atoms with Gasteiger partial charge in [0.2, 0.25) is 5.82 Å². The van der Waals surface area contributed by atoms with Crippen molar-refractivity contribution in [3.63, 3.8) is 0 Å². The zero-order valence-electron chi connectivity index (χ0n) is 6.41. The Kier molecular flexibility index (Phi) is 3.32. The number of hydrogen-bond donors (Lipinski definition) is 1. The third kappa shape index (κ3) is 3.14. The first-order valence-electron chi connectivity index (χ1n) is 3.15. The van der Waals surface area contributed by atoms with E-state index in [1.54, 1.807) is 0 Å². The molecule has 0 aliphatic rings. The number of carboxylic acids is 1. The Morgan fingerprint density at radius 1 is 1.57 bits per heavy atom. The van der Waals surface area contributed by atoms with E-state index >= 15 is 0 Å². The van der Waals surface area contributed by atoms with Gasteiger partial charge in [-0.25, -0.2) is 4.98 Å². The van der Waals surface area contributed by atoms with E-state index in [0.29, 0.717) is 23.3 Å². The summed E-state index contributed by atoms with van der Waals surface area (Å²) < 4.78 is 38.9. The van der Waals surface area contributed by atoms with E-state index in [-0.39, 0.29) is 10.1 Å². The van der Waals surface area contributed by atoms with Gasteiger partial charge in [-0.15, -0.1) is 0 Å². The Morgan fingerprint density at radius 3 is 2.64 bits per heavy atom. The predicted molar refractivity (Wildman–Crippen MR) is 43.3 cm³/mol. The van der Waals surface area contributed by atoms with Crippen molar-refractivity contribution in [2.45, 2.75) is 10.5 Å². The summed E-state index contributed by atoms with van der Waals surface area (Å²) in [6.45, 7) is 0. The zero-order chi connectivity index (χ0) is 10.8. The third-order valence-electron chi connectivity index (χ3n) is 0.980. The van der Waals surface area contributed by atoms with E-state index in [1.165, 1.54) is 0 Å². The van der Waals surface area contributed by atoms with Gasteiger partial charge in [0.05, 0.1) is 5.75 Å². The van der Waals surface area contributed by atoms with Gasteiger partial charge >= 0.3 is 12.1 Å². The van der Waals surface area contributed by atoms with Gasteiger partial charge in [-0.2, -0.15) is 17.5 Å². The first-order chi connectivity index (χ1) is 6.39. The molecule has 1 aromatic heterocycles. The number of hydrogen-bond acceptors (Lipinski definition) is 5. The fourth-order valence-corrected chi connectivity index (χ4v) is 1.84. The van der Waals surface area contributed by atoms with Crippen LogP contribution in [-0.4, -0.2) is 26.2 Å². The summed E-state index contributed by atoms with van der Waals surface area (Å²) in [4.78, 5) is 13.2. The molecule has 0 radical (unpaired) electrons. The summed E-state index contributed by atoms with van der Waals surface area (Å²) in [7, 11) is 0. The van der Waals surface area contributed by atoms with Gasteiger partial charge < -0.3 is 5.11 Å². The molecule has 0 spiro atoms. The Morgan fingerprint density at radius 2 is 2.21 bits per heavy atom. The number of nitrogens with zero attached hydrogens (tertiary/aromatic N) is 2. The Balaban J connectivity index is 2.64. The Hall–Kier alpha value is -0.830. The second-order valence-corrected chi connectivity index (χ2v) is 4.04. The number of alkyl halides is 3. The highest BCUT2D eigenvalue weighted by Crippen LogP contribution is 2.30. The van der Waals surface area contributed by atoms with Crippen LogP contribution in [0.2, 0.25) is 0 Å². The largest absolute Gasteiger partial charge is 0.481 e. The number of rotatable bonds is 3. The smallest absolute Gasteiger partial charge is 0.452 e. The molecule has 1 aromatic rings. The Bertz CT molecular complexity index is 338. The molecule has 0 saturated carbocycles. The molecule has 0 atom stereocenters. The summed E-state index contributed by atoms with van der Waals surface area (Å²) in [5.41, 5.74) is 0. The third-order valence-corrected chi connectivity index (χ3v) is 2.80. The van der Waals surface area contributed by atoms with Crippen LogP contribution in [0.1, 0.15) is 5.82 Å². The van der Waals surface area contributed by atoms with Gasteiger partial charge in [0.15, 0.2) is 4.34 Å². The number of carbonyl (C=O) groups is 1. The fraction of sp³-hybridized carbons (Fsp3) is 0.400. The predicted octanol–water partition coefficient (Wildman–Crippen LogP) is 1.73. The number of halogens is 3. The van der Waals surface area contributed by atoms with Crippen molar-refractivity contribution < 1.29 is 23.1 Å². The van der Waals surface area contributed by atoms with Crippen LogP contribution in [0.3, 0.4) is 0 Å². The van der Waals surface area contributed by atoms with E-state index in [1.807, 2.05) is 0 Å². The van der Waals surface area contributed by atoms with Crippen molar-refractivity contribution in [1.29, 1.82) is 0 Å². The molecular formula is C5H3F3N2O2S2. The van der Waals surface area contributed by atoms with E-state index in [4.69, 9.17) is 5.11 Å². The number of carboxylic acid groups (broad SMARTS) is 1. The maximum Gasteiger partial charge on any atom is 0.452 e. The molecule has 0 bridgehead atoms. The fourth-order valence-electron chi connectivity index (χ4n) is 0.507. The lowest BCUT2D eigenvalue weighted by Crippen LogP contribution is -2.07. The molecule has 0 amide bonds. The van der Waals surface area contributed by atoms with Crippen LogP contribution in [0.5, 0.6) is 0 Å². The molecule has 4 nitrogen and oxygen atoms in total. The topological polar surface area (TPSA) is 63.1 Å². The van der Waals surface area contributed by atoms with Crippen molar-refractivity contribution in [1.82, 2.24) is 9.36 Å². The van der Waals surface area contributed by atoms with Gasteiger partial charge in [0.1, 0.15) is 0 Å². The van der Waals surface area contributed by atoms with Crippen LogP contribution in [-0.2, 0) is 11.0 Å². The van der Waals surface area contributed by atoms with Gasteiger partial charge in [-0.3, -0.25) is 4.79 Å². The van der Waals surface area contributed by atoms with Crippen molar-refractivity contribution in [3.8, 4) is 0 Å². The van der Waals surface area contributed by atoms with Crippen molar-refractivity contribution >= 4 is 29.3 Å². The summed E-state index contributed by atoms with van der Waals surface area (Å²) in [6.07, 6.45) is -4.57. The monoisotopic (exact) mass is 244 g/mol. The quantitative estimate of drug-likeness (QED) is 0.820. The van der Waals surface area contributed by atoms with Gasteiger partial charge in [-0.05, 0) is 11.5 Å². The van der Waals surface area contributed by atoms with Crippen molar-refractivity contribution in [2.24, 2.45) is 0 Å². The van der Waals surface area contributed by atoms with Gasteiger partial charge in [-0.1, -0.05) is 11.8 Å². The molecule has 0 fully saturated rings. The number of thioether (sulfide) groups is 1. The van der Waals surface area contributed by atoms with Gasteiger partial charge in [0.25, 0.3) is 0 Å². The number of aliphatic carboxylic acids is 1. The highest BCUT2D eigenvalue weighted by Gasteiger charge is 2.36. The standard InChI is InChI=1S/C5H3F3N2O2S2/c6-5(7,8)3-9-4(14-10-3)13-1-2(11)12/h1H2,(H,11,12). The van der Waals surface area contributed by atoms with Crippen LogP contribution >= 0.6 is 23.3 Å². The molecule has 78 valence electrons. The molecule has 0 saturated heterocycles. The average Bonchev–Trinajstić information content (AvgIpc) is 2.47. The molecule has 0 aliphatic heterocycles. The van der Waals surface area contributed by atoms with E-state index in [2.05, 4.69) is 9.36 Å². The van der Waals surface area contributed by atoms with Crippen LogP contribution < -0.4 is 0 Å². The summed E-state index contributed by atoms with van der Waals surface area (Å²) in [5.74, 6) is -2.67. The lowest BCUT2D eigenvalue weighted by Gasteiger charge is -1.97. The van der Waals surface area contributed by atoms with Crippen LogP contribution in [0.25, 0.3) is 0 Å². The summed E-state index contributed by atoms with van der Waals surface area (Å²) in [6, 6.07) is 0. The van der Waals surface area contributed by atoms with E-state index in [0.717, 1.165) is 0 Å². The molecule has 9 heteroatoms. The van der Waals surface area contributed by atoms with E-state index in [9.17, 15) is 18.0 Å². The Labute approximate surface area is 84.3 Å². The van der Waals surface area contributed by atoms with Crippen molar-refractivity contribution in [2.75, 3.05) is 5.75 Å². The molecular weight excluding hydrogens is 241 g/mol. The van der Waals surface area contributed by atoms with Crippen LogP contribution in [0, 0.1) is 0 Å². The molecule has 0 unspecified atom stereocenters. The summed E-state index contributed by atoms with van der Waals surface area (Å²) >= 11 is 1.25. The second-order valence-electron chi connectivity index (χ2n) is 2.06. The maximum atomic E-state index is 12.0. The maximum absolute atomic E-state index is 12.0. The minimum atomic E-state index is -4.57. The average molecular weight is 244 g/mol. The van der Waals surface area contributed by atoms with E-state index < -0.39 is 18.0 Å². The molecule has 1 rings (SSSR count). The zero-order valence-corrected chi connectivity index (χ0v) is 8.04. The highest BCUT2D eigenvalue weighted by molar-refractivity contribution is 8.01. The normalized spacial score (nSPS) is 11.6. The van der Waals surface area contributed by atoms with Crippen molar-refractivity contribution in [3.05, 3.63) is 5.82 Å². The SMILES string of the molecule is O=C(O)CSc1nc(C(F)(F)F)ns1. The first kappa shape index (κ1) is 11.2. The molecule has 14 heavy (non-hydrogen) atoms. The molecule has 0 aliphatic carbocycles. The minimum absolute atomic E-state index is 0.000255. The number of aromatic nitrogens is 2. The molecule has 0 aromatic carbocycles. The van der Waals surface area contributed by atoms with Crippen LogP contribution in [0.15, 0.2) is 4.34 Å². The van der Waals surface area contributed by atoms with Gasteiger partial charge in [0, 0.05) is 0 Å². The minimum Gasteiger partial charge on any atom is -0.481 e. The molecule has 1 N–H and O–H groups in total. The second kappa shape index (κ2) is 4.13. The highest BCUT2D eigenvalue weighted by atomic mass is 32.2. The van der Waals surface area contributed by atoms with Crippen LogP contribution in [0.4, 0.5) is 13.2 Å². The lowest BCUT2D eigenvalue weighted by atomic mass is 10.6. The summed E-state index contributed by atoms with van der Waals surface area (Å²) in [5, 5.41) is 8.25. The molecule has 1 heterocycles.